The molecule has 16 heavy (non-hydrogen) atoms. The first-order valence-electron chi connectivity index (χ1n) is 4.90. The van der Waals surface area contributed by atoms with Gasteiger partial charge in [-0.3, -0.25) is 0 Å². The molecular weight excluding hydrogens is 222 g/mol. The van der Waals surface area contributed by atoms with E-state index < -0.39 is 0 Å². The highest BCUT2D eigenvalue weighted by Gasteiger charge is 2.08. The molecule has 0 aliphatic heterocycles. The van der Waals surface area contributed by atoms with Gasteiger partial charge in [-0.25, -0.2) is 0 Å². The van der Waals surface area contributed by atoms with E-state index in [0.717, 1.165) is 11.1 Å². The van der Waals surface area contributed by atoms with Gasteiger partial charge in [0.15, 0.2) is 0 Å². The first-order chi connectivity index (χ1) is 7.72. The Balaban J connectivity index is 2.55. The molecule has 0 aromatic heterocycles. The van der Waals surface area contributed by atoms with Crippen LogP contribution in [-0.2, 0) is 6.54 Å². The van der Waals surface area contributed by atoms with E-state index in [0.29, 0.717) is 17.1 Å². The number of phenols is 1. The van der Waals surface area contributed by atoms with Gasteiger partial charge in [0.05, 0.1) is 0 Å². The number of aromatic hydroxyl groups is 1. The van der Waals surface area contributed by atoms with Crippen LogP contribution < -0.4 is 5.73 Å². The maximum absolute atomic E-state index is 9.87. The predicted octanol–water partition coefficient (Wildman–Crippen LogP) is 2.97. The van der Waals surface area contributed by atoms with Crippen LogP contribution in [0.25, 0.3) is 11.1 Å². The molecule has 3 N–H and O–H groups in total. The van der Waals surface area contributed by atoms with Crippen LogP contribution in [0.4, 0.5) is 0 Å². The maximum Gasteiger partial charge on any atom is 0.123 e. The molecule has 3 heteroatoms. The molecular formula is C13H11ClNO. The highest BCUT2D eigenvalue weighted by Crippen LogP contribution is 2.33. The molecule has 0 bridgehead atoms. The van der Waals surface area contributed by atoms with Crippen molar-refractivity contribution in [2.24, 2.45) is 5.73 Å². The molecule has 0 unspecified atom stereocenters. The number of hydrogen-bond donors (Lipinski definition) is 2. The van der Waals surface area contributed by atoms with Crippen LogP contribution in [0.15, 0.2) is 36.4 Å². The molecule has 2 aromatic rings. The van der Waals surface area contributed by atoms with Crippen molar-refractivity contribution in [2.75, 3.05) is 0 Å². The summed E-state index contributed by atoms with van der Waals surface area (Å²) in [6.07, 6.45) is 0. The third-order valence-corrected chi connectivity index (χ3v) is 2.75. The normalized spacial score (nSPS) is 10.4. The number of halogens is 1. The summed E-state index contributed by atoms with van der Waals surface area (Å²) in [5.41, 5.74) is 7.82. The number of phenolic OH excluding ortho intramolecular Hbond substituents is 1. The van der Waals surface area contributed by atoms with Crippen molar-refractivity contribution < 1.29 is 5.11 Å². The van der Waals surface area contributed by atoms with E-state index in [4.69, 9.17) is 17.3 Å². The molecule has 0 amide bonds. The van der Waals surface area contributed by atoms with Crippen LogP contribution in [0.5, 0.6) is 5.75 Å². The Morgan fingerprint density at radius 3 is 2.81 bits per heavy atom. The highest BCUT2D eigenvalue weighted by atomic mass is 35.5. The summed E-state index contributed by atoms with van der Waals surface area (Å²) in [5, 5.41) is 10.4. The molecule has 0 saturated heterocycles. The zero-order valence-electron chi connectivity index (χ0n) is 8.57. The minimum absolute atomic E-state index is 0.185. The topological polar surface area (TPSA) is 46.2 Å². The van der Waals surface area contributed by atoms with Crippen molar-refractivity contribution in [2.45, 2.75) is 6.54 Å². The van der Waals surface area contributed by atoms with Gasteiger partial charge >= 0.3 is 0 Å². The van der Waals surface area contributed by atoms with Crippen LogP contribution in [-0.4, -0.2) is 5.11 Å². The summed E-state index contributed by atoms with van der Waals surface area (Å²) >= 11 is 6.05. The summed E-state index contributed by atoms with van der Waals surface area (Å²) in [6, 6.07) is 13.6. The fourth-order valence-corrected chi connectivity index (χ4v) is 1.79. The summed E-state index contributed by atoms with van der Waals surface area (Å²) in [7, 11) is 0. The summed E-state index contributed by atoms with van der Waals surface area (Å²) in [6.45, 7) is 0.313. The van der Waals surface area contributed by atoms with Crippen LogP contribution in [0.2, 0.25) is 5.02 Å². The Kier molecular flexibility index (Phi) is 3.13. The van der Waals surface area contributed by atoms with Crippen LogP contribution in [0.1, 0.15) is 5.56 Å². The lowest BCUT2D eigenvalue weighted by Gasteiger charge is -2.08. The number of nitrogens with two attached hydrogens (primary N) is 1. The third kappa shape index (κ3) is 2.03. The zero-order valence-corrected chi connectivity index (χ0v) is 9.33. The Morgan fingerprint density at radius 1 is 1.38 bits per heavy atom. The maximum atomic E-state index is 9.87. The average Bonchev–Trinajstić information content (AvgIpc) is 2.32. The first kappa shape index (κ1) is 11.0. The summed E-state index contributed by atoms with van der Waals surface area (Å²) in [5.74, 6) is 0.185. The van der Waals surface area contributed by atoms with E-state index in [2.05, 4.69) is 6.07 Å². The molecule has 0 atom stereocenters. The van der Waals surface area contributed by atoms with Gasteiger partial charge in [-0.15, -0.1) is 0 Å². The number of rotatable bonds is 2. The zero-order chi connectivity index (χ0) is 11.5. The van der Waals surface area contributed by atoms with Crippen LogP contribution in [0.3, 0.4) is 0 Å². The van der Waals surface area contributed by atoms with Crippen molar-refractivity contribution in [1.29, 1.82) is 0 Å². The van der Waals surface area contributed by atoms with E-state index in [-0.39, 0.29) is 5.75 Å². The lowest BCUT2D eigenvalue weighted by atomic mass is 10.0. The first-order valence-corrected chi connectivity index (χ1v) is 5.28. The molecule has 0 spiro atoms. The third-order valence-electron chi connectivity index (χ3n) is 2.40. The van der Waals surface area contributed by atoms with Gasteiger partial charge in [-0.1, -0.05) is 29.8 Å². The van der Waals surface area contributed by atoms with E-state index in [9.17, 15) is 5.11 Å². The summed E-state index contributed by atoms with van der Waals surface area (Å²) in [4.78, 5) is 0. The smallest absolute Gasteiger partial charge is 0.123 e. The molecule has 0 aliphatic carbocycles. The lowest BCUT2D eigenvalue weighted by Crippen LogP contribution is -1.97. The summed E-state index contributed by atoms with van der Waals surface area (Å²) < 4.78 is 0. The average molecular weight is 233 g/mol. The molecule has 2 nitrogen and oxygen atoms in total. The van der Waals surface area contributed by atoms with E-state index >= 15 is 0 Å². The second-order valence-corrected chi connectivity index (χ2v) is 3.86. The largest absolute Gasteiger partial charge is 0.507 e. The highest BCUT2D eigenvalue weighted by molar-refractivity contribution is 6.31. The van der Waals surface area contributed by atoms with E-state index in [1.54, 1.807) is 24.3 Å². The molecule has 0 saturated carbocycles. The second kappa shape index (κ2) is 4.56. The minimum atomic E-state index is 0.185. The Morgan fingerprint density at radius 2 is 2.19 bits per heavy atom. The van der Waals surface area contributed by atoms with Gasteiger partial charge in [0.25, 0.3) is 0 Å². The lowest BCUT2D eigenvalue weighted by molar-refractivity contribution is 0.476. The van der Waals surface area contributed by atoms with Gasteiger partial charge in [-0.2, -0.15) is 0 Å². The monoisotopic (exact) mass is 232 g/mol. The molecule has 0 fully saturated rings. The van der Waals surface area contributed by atoms with Crippen molar-refractivity contribution in [3.63, 3.8) is 0 Å². The van der Waals surface area contributed by atoms with Gasteiger partial charge in [0.2, 0.25) is 0 Å². The fraction of sp³-hybridized carbons (Fsp3) is 0.0769. The van der Waals surface area contributed by atoms with Crippen molar-refractivity contribution >= 4 is 11.6 Å². The fourth-order valence-electron chi connectivity index (χ4n) is 1.55. The quantitative estimate of drug-likeness (QED) is 0.836. The van der Waals surface area contributed by atoms with E-state index in [1.807, 2.05) is 12.1 Å². The van der Waals surface area contributed by atoms with Crippen LogP contribution >= 0.6 is 11.6 Å². The molecule has 2 rings (SSSR count). The van der Waals surface area contributed by atoms with Crippen LogP contribution in [0, 0.1) is 6.07 Å². The molecule has 81 valence electrons. The SMILES string of the molecule is NCc1cc(O)c(-c2c[c]ccc2)cc1Cl. The Labute approximate surface area is 99.3 Å². The van der Waals surface area contributed by atoms with Gasteiger partial charge in [-0.05, 0) is 35.4 Å². The van der Waals surface area contributed by atoms with Crippen molar-refractivity contribution in [1.82, 2.24) is 0 Å². The van der Waals surface area contributed by atoms with Crippen molar-refractivity contribution in [3.05, 3.63) is 53.1 Å². The molecule has 1 radical (unpaired) electrons. The Bertz CT molecular complexity index is 497. The van der Waals surface area contributed by atoms with E-state index in [1.165, 1.54) is 0 Å². The number of hydrogen-bond acceptors (Lipinski definition) is 2. The standard InChI is InChI=1S/C13H11ClNO/c14-12-7-11(9-4-2-1-3-5-9)13(16)6-10(12)8-15/h1-2,4-7,16H,8,15H2. The second-order valence-electron chi connectivity index (χ2n) is 3.46. The molecule has 2 aromatic carbocycles. The van der Waals surface area contributed by atoms with Gasteiger partial charge in [0, 0.05) is 17.1 Å². The van der Waals surface area contributed by atoms with Gasteiger partial charge in [0.1, 0.15) is 5.75 Å². The molecule has 0 heterocycles. The minimum Gasteiger partial charge on any atom is -0.507 e. The molecule has 0 aliphatic rings. The Hall–Kier alpha value is -1.51. The van der Waals surface area contributed by atoms with Gasteiger partial charge < -0.3 is 10.8 Å². The van der Waals surface area contributed by atoms with Crippen molar-refractivity contribution in [3.8, 4) is 16.9 Å². The predicted molar refractivity (Wildman–Crippen MR) is 65.3 cm³/mol. The number of benzene rings is 2.